The van der Waals surface area contributed by atoms with Crippen molar-refractivity contribution in [1.82, 2.24) is 9.97 Å². The number of fused-ring (bicyclic) bond motifs is 1. The van der Waals surface area contributed by atoms with Gasteiger partial charge in [-0.25, -0.2) is 9.97 Å². The zero-order valence-electron chi connectivity index (χ0n) is 7.02. The highest BCUT2D eigenvalue weighted by atomic mass is 35.5. The van der Waals surface area contributed by atoms with E-state index in [2.05, 4.69) is 9.97 Å². The number of hydrogen-bond donors (Lipinski definition) is 0. The van der Waals surface area contributed by atoms with E-state index in [9.17, 15) is 10.1 Å². The Balaban J connectivity index is 2.93. The number of aryl methyl sites for hydroxylation is 1. The number of hydrogen-bond acceptors (Lipinski definition) is 5. The van der Waals surface area contributed by atoms with Crippen LogP contribution in [-0.2, 0) is 0 Å². The summed E-state index contributed by atoms with van der Waals surface area (Å²) < 4.78 is 0. The monoisotopic (exact) mass is 229 g/mol. The van der Waals surface area contributed by atoms with Crippen molar-refractivity contribution in [3.8, 4) is 0 Å². The maximum Gasteiger partial charge on any atom is 0.295 e. The number of nitrogens with zero attached hydrogens (tertiary/aromatic N) is 3. The smallest absolute Gasteiger partial charge is 0.258 e. The van der Waals surface area contributed by atoms with Crippen LogP contribution >= 0.6 is 22.9 Å². The molecular weight excluding hydrogens is 226 g/mol. The molecule has 0 saturated carbocycles. The lowest BCUT2D eigenvalue weighted by atomic mass is 10.3. The van der Waals surface area contributed by atoms with Gasteiger partial charge in [-0.05, 0) is 6.92 Å². The van der Waals surface area contributed by atoms with Gasteiger partial charge in [-0.15, -0.1) is 11.3 Å². The minimum Gasteiger partial charge on any atom is -0.258 e. The summed E-state index contributed by atoms with van der Waals surface area (Å²) >= 11 is 7.01. The predicted molar refractivity (Wildman–Crippen MR) is 53.8 cm³/mol. The van der Waals surface area contributed by atoms with E-state index in [1.54, 1.807) is 6.92 Å². The molecule has 2 heterocycles. The largest absolute Gasteiger partial charge is 0.295 e. The van der Waals surface area contributed by atoms with Crippen LogP contribution in [0.15, 0.2) is 6.33 Å². The molecule has 0 aliphatic heterocycles. The second kappa shape index (κ2) is 3.14. The van der Waals surface area contributed by atoms with Crippen molar-refractivity contribution < 1.29 is 4.92 Å². The van der Waals surface area contributed by atoms with E-state index in [1.807, 2.05) is 0 Å². The van der Waals surface area contributed by atoms with Crippen LogP contribution in [-0.4, -0.2) is 14.9 Å². The molecular formula is C7H4ClN3O2S. The van der Waals surface area contributed by atoms with Crippen LogP contribution < -0.4 is 0 Å². The Bertz CT molecular complexity index is 525. The zero-order chi connectivity index (χ0) is 10.3. The fourth-order valence-electron chi connectivity index (χ4n) is 1.21. The molecule has 2 aromatic heterocycles. The highest BCUT2D eigenvalue weighted by Gasteiger charge is 2.22. The molecule has 0 aliphatic rings. The van der Waals surface area contributed by atoms with Crippen LogP contribution in [0.3, 0.4) is 0 Å². The lowest BCUT2D eigenvalue weighted by molar-refractivity contribution is -0.383. The van der Waals surface area contributed by atoms with Crippen molar-refractivity contribution in [2.45, 2.75) is 6.92 Å². The van der Waals surface area contributed by atoms with Crippen molar-refractivity contribution >= 4 is 38.8 Å². The lowest BCUT2D eigenvalue weighted by Crippen LogP contribution is -1.89. The normalized spacial score (nSPS) is 10.7. The van der Waals surface area contributed by atoms with E-state index in [-0.39, 0.29) is 10.8 Å². The molecule has 0 spiro atoms. The molecule has 2 rings (SSSR count). The fraction of sp³-hybridized carbons (Fsp3) is 0.143. The third-order valence-corrected chi connectivity index (χ3v) is 3.06. The summed E-state index contributed by atoms with van der Waals surface area (Å²) in [5.74, 6) is 0. The van der Waals surface area contributed by atoms with E-state index in [4.69, 9.17) is 11.6 Å². The summed E-state index contributed by atoms with van der Waals surface area (Å²) in [6, 6.07) is 0. The van der Waals surface area contributed by atoms with Gasteiger partial charge >= 0.3 is 0 Å². The molecule has 0 N–H and O–H groups in total. The zero-order valence-corrected chi connectivity index (χ0v) is 8.59. The summed E-state index contributed by atoms with van der Waals surface area (Å²) in [6.45, 7) is 1.67. The van der Waals surface area contributed by atoms with Gasteiger partial charge in [0.05, 0.1) is 9.80 Å². The number of thiophene rings is 1. The van der Waals surface area contributed by atoms with Crippen LogP contribution in [0.5, 0.6) is 0 Å². The molecule has 72 valence electrons. The van der Waals surface area contributed by atoms with Gasteiger partial charge in [0, 0.05) is 0 Å². The van der Waals surface area contributed by atoms with E-state index >= 15 is 0 Å². The molecule has 0 atom stereocenters. The van der Waals surface area contributed by atoms with E-state index in [0.29, 0.717) is 15.1 Å². The SMILES string of the molecule is Cc1sc2ncnc(Cl)c2c1[N+](=O)[O-]. The molecule has 0 aliphatic carbocycles. The molecule has 0 fully saturated rings. The van der Waals surface area contributed by atoms with Crippen molar-refractivity contribution in [2.24, 2.45) is 0 Å². The molecule has 2 aromatic rings. The molecule has 0 aromatic carbocycles. The molecule has 14 heavy (non-hydrogen) atoms. The Morgan fingerprint density at radius 1 is 1.57 bits per heavy atom. The van der Waals surface area contributed by atoms with Gasteiger partial charge in [0.15, 0.2) is 0 Å². The van der Waals surface area contributed by atoms with Crippen molar-refractivity contribution in [3.63, 3.8) is 0 Å². The van der Waals surface area contributed by atoms with Gasteiger partial charge < -0.3 is 0 Å². The Hall–Kier alpha value is -1.27. The van der Waals surface area contributed by atoms with Gasteiger partial charge in [-0.3, -0.25) is 10.1 Å². The van der Waals surface area contributed by atoms with Gasteiger partial charge in [0.25, 0.3) is 5.69 Å². The number of rotatable bonds is 1. The first-order chi connectivity index (χ1) is 6.61. The van der Waals surface area contributed by atoms with Crippen LogP contribution in [0.2, 0.25) is 5.15 Å². The van der Waals surface area contributed by atoms with Gasteiger partial charge in [-0.1, -0.05) is 11.6 Å². The summed E-state index contributed by atoms with van der Waals surface area (Å²) in [6.07, 6.45) is 1.30. The average molecular weight is 230 g/mol. The standard InChI is InChI=1S/C7H4ClN3O2S/c1-3-5(11(12)13)4-6(8)9-2-10-7(4)14-3/h2H,1H3. The highest BCUT2D eigenvalue weighted by Crippen LogP contribution is 2.38. The fourth-order valence-corrected chi connectivity index (χ4v) is 2.45. The molecule has 7 heteroatoms. The molecule has 0 bridgehead atoms. The van der Waals surface area contributed by atoms with Crippen molar-refractivity contribution in [3.05, 3.63) is 26.5 Å². The van der Waals surface area contributed by atoms with E-state index in [0.717, 1.165) is 0 Å². The summed E-state index contributed by atoms with van der Waals surface area (Å²) in [4.78, 5) is 19.1. The Labute approximate surface area is 87.5 Å². The van der Waals surface area contributed by atoms with Crippen molar-refractivity contribution in [2.75, 3.05) is 0 Å². The first-order valence-corrected chi connectivity index (χ1v) is 4.84. The van der Waals surface area contributed by atoms with Crippen LogP contribution in [0, 0.1) is 17.0 Å². The average Bonchev–Trinajstić information content (AvgIpc) is 2.42. The maximum absolute atomic E-state index is 10.7. The van der Waals surface area contributed by atoms with Crippen LogP contribution in [0.1, 0.15) is 4.88 Å². The van der Waals surface area contributed by atoms with E-state index < -0.39 is 4.92 Å². The number of aromatic nitrogens is 2. The molecule has 0 amide bonds. The molecule has 5 nitrogen and oxygen atoms in total. The summed E-state index contributed by atoms with van der Waals surface area (Å²) in [5, 5.41) is 11.2. The maximum atomic E-state index is 10.7. The van der Waals surface area contributed by atoms with Crippen molar-refractivity contribution in [1.29, 1.82) is 0 Å². The third kappa shape index (κ3) is 1.23. The second-order valence-electron chi connectivity index (χ2n) is 2.61. The Kier molecular flexibility index (Phi) is 2.09. The lowest BCUT2D eigenvalue weighted by Gasteiger charge is -1.91. The minimum absolute atomic E-state index is 0.00981. The summed E-state index contributed by atoms with van der Waals surface area (Å²) in [5.41, 5.74) is 0.00981. The molecule has 0 unspecified atom stereocenters. The second-order valence-corrected chi connectivity index (χ2v) is 4.17. The first kappa shape index (κ1) is 9.29. The van der Waals surface area contributed by atoms with E-state index in [1.165, 1.54) is 17.7 Å². The summed E-state index contributed by atoms with van der Waals surface area (Å²) in [7, 11) is 0. The van der Waals surface area contributed by atoms with Gasteiger partial charge in [-0.2, -0.15) is 0 Å². The number of halogens is 1. The van der Waals surface area contributed by atoms with Gasteiger partial charge in [0.1, 0.15) is 21.7 Å². The Morgan fingerprint density at radius 2 is 2.29 bits per heavy atom. The molecule has 0 saturated heterocycles. The van der Waals surface area contributed by atoms with Crippen LogP contribution in [0.4, 0.5) is 5.69 Å². The number of nitro groups is 1. The highest BCUT2D eigenvalue weighted by molar-refractivity contribution is 7.19. The van der Waals surface area contributed by atoms with Gasteiger partial charge in [0.2, 0.25) is 0 Å². The predicted octanol–water partition coefficient (Wildman–Crippen LogP) is 2.56. The minimum atomic E-state index is -0.455. The molecule has 0 radical (unpaired) electrons. The topological polar surface area (TPSA) is 68.9 Å². The Morgan fingerprint density at radius 3 is 2.93 bits per heavy atom. The third-order valence-electron chi connectivity index (χ3n) is 1.77. The quantitative estimate of drug-likeness (QED) is 0.428. The first-order valence-electron chi connectivity index (χ1n) is 3.65. The van der Waals surface area contributed by atoms with Crippen LogP contribution in [0.25, 0.3) is 10.2 Å².